The van der Waals surface area contributed by atoms with Gasteiger partial charge in [-0.15, -0.1) is 0 Å². The van der Waals surface area contributed by atoms with Crippen molar-refractivity contribution in [3.8, 4) is 5.69 Å². The second-order valence-electron chi connectivity index (χ2n) is 4.39. The van der Waals surface area contributed by atoms with E-state index in [-0.39, 0.29) is 23.0 Å². The van der Waals surface area contributed by atoms with E-state index < -0.39 is 11.8 Å². The molecule has 1 N–H and O–H groups in total. The largest absolute Gasteiger partial charge is 0.476 e. The standard InChI is InChI=1S/C13H10ClFN2O3/c14-7-1-2-11(9(15)5-7)17-10-3-4-20-6-8(10)12(16-17)13(18)19/h1-2,5H,3-4,6H2,(H,18,19). The fourth-order valence-corrected chi connectivity index (χ4v) is 2.42. The van der Waals surface area contributed by atoms with Gasteiger partial charge in [-0.1, -0.05) is 11.6 Å². The van der Waals surface area contributed by atoms with Crippen LogP contribution in [0.3, 0.4) is 0 Å². The van der Waals surface area contributed by atoms with Gasteiger partial charge in [0.2, 0.25) is 0 Å². The van der Waals surface area contributed by atoms with Gasteiger partial charge in [0.25, 0.3) is 0 Å². The number of benzene rings is 1. The third-order valence-electron chi connectivity index (χ3n) is 3.16. The maximum absolute atomic E-state index is 14.0. The van der Waals surface area contributed by atoms with Gasteiger partial charge in [-0.05, 0) is 18.2 Å². The van der Waals surface area contributed by atoms with Crippen LogP contribution >= 0.6 is 11.6 Å². The first kappa shape index (κ1) is 13.1. The molecule has 1 aliphatic rings. The number of carboxylic acids is 1. The van der Waals surface area contributed by atoms with Crippen LogP contribution in [0.5, 0.6) is 0 Å². The Hall–Kier alpha value is -1.92. The third kappa shape index (κ3) is 2.07. The van der Waals surface area contributed by atoms with Gasteiger partial charge in [0, 0.05) is 17.0 Å². The molecule has 0 amide bonds. The minimum atomic E-state index is -1.15. The van der Waals surface area contributed by atoms with E-state index in [0.29, 0.717) is 24.3 Å². The Kier molecular flexibility index (Phi) is 3.19. The lowest BCUT2D eigenvalue weighted by molar-refractivity contribution is 0.0677. The second-order valence-corrected chi connectivity index (χ2v) is 4.83. The van der Waals surface area contributed by atoms with Crippen LogP contribution in [-0.2, 0) is 17.8 Å². The lowest BCUT2D eigenvalue weighted by atomic mass is 10.1. The Morgan fingerprint density at radius 2 is 2.30 bits per heavy atom. The minimum Gasteiger partial charge on any atom is -0.476 e. The summed E-state index contributed by atoms with van der Waals surface area (Å²) in [5, 5.41) is 13.4. The van der Waals surface area contributed by atoms with Crippen LogP contribution in [0.4, 0.5) is 4.39 Å². The van der Waals surface area contributed by atoms with Crippen molar-refractivity contribution in [2.75, 3.05) is 6.61 Å². The van der Waals surface area contributed by atoms with Gasteiger partial charge in [-0.25, -0.2) is 13.9 Å². The summed E-state index contributed by atoms with van der Waals surface area (Å²) >= 11 is 5.72. The summed E-state index contributed by atoms with van der Waals surface area (Å²) in [5.74, 6) is -1.70. The zero-order valence-corrected chi connectivity index (χ0v) is 11.0. The molecule has 0 fully saturated rings. The van der Waals surface area contributed by atoms with Crippen LogP contribution in [0.25, 0.3) is 5.69 Å². The molecule has 0 saturated carbocycles. The van der Waals surface area contributed by atoms with Crippen molar-refractivity contribution in [3.63, 3.8) is 0 Å². The molecule has 104 valence electrons. The Morgan fingerprint density at radius 3 is 3.00 bits per heavy atom. The monoisotopic (exact) mass is 296 g/mol. The quantitative estimate of drug-likeness (QED) is 0.924. The smallest absolute Gasteiger partial charge is 0.356 e. The Bertz CT molecular complexity index is 699. The molecular formula is C13H10ClFN2O3. The number of aromatic nitrogens is 2. The summed E-state index contributed by atoms with van der Waals surface area (Å²) in [6, 6.07) is 4.19. The van der Waals surface area contributed by atoms with Crippen molar-refractivity contribution in [1.82, 2.24) is 9.78 Å². The van der Waals surface area contributed by atoms with Gasteiger partial charge in [0.05, 0.1) is 18.9 Å². The molecule has 0 saturated heterocycles. The number of carbonyl (C=O) groups is 1. The van der Waals surface area contributed by atoms with E-state index >= 15 is 0 Å². The summed E-state index contributed by atoms with van der Waals surface area (Å²) in [5.41, 5.74) is 1.24. The molecule has 0 radical (unpaired) electrons. The number of ether oxygens (including phenoxy) is 1. The number of aromatic carboxylic acids is 1. The van der Waals surface area contributed by atoms with E-state index in [1.807, 2.05) is 0 Å². The maximum atomic E-state index is 14.0. The lowest BCUT2D eigenvalue weighted by Gasteiger charge is -2.15. The maximum Gasteiger partial charge on any atom is 0.356 e. The predicted molar refractivity (Wildman–Crippen MR) is 68.9 cm³/mol. The molecule has 5 nitrogen and oxygen atoms in total. The van der Waals surface area contributed by atoms with Crippen LogP contribution in [0, 0.1) is 5.82 Å². The van der Waals surface area contributed by atoms with Gasteiger partial charge >= 0.3 is 5.97 Å². The van der Waals surface area contributed by atoms with Crippen LogP contribution in [0.15, 0.2) is 18.2 Å². The van der Waals surface area contributed by atoms with E-state index in [2.05, 4.69) is 5.10 Å². The molecule has 1 aliphatic heterocycles. The molecule has 2 heterocycles. The summed E-state index contributed by atoms with van der Waals surface area (Å²) in [7, 11) is 0. The van der Waals surface area contributed by atoms with Gasteiger partial charge in [0.1, 0.15) is 11.5 Å². The van der Waals surface area contributed by atoms with Crippen molar-refractivity contribution in [3.05, 3.63) is 46.0 Å². The molecule has 1 aromatic carbocycles. The average Bonchev–Trinajstić information content (AvgIpc) is 2.78. The fraction of sp³-hybridized carbons (Fsp3) is 0.231. The summed E-state index contributed by atoms with van der Waals surface area (Å²) in [6.07, 6.45) is 0.484. The van der Waals surface area contributed by atoms with E-state index in [1.165, 1.54) is 22.9 Å². The number of hydrogen-bond donors (Lipinski definition) is 1. The van der Waals surface area contributed by atoms with E-state index in [1.54, 1.807) is 0 Å². The van der Waals surface area contributed by atoms with Gasteiger partial charge in [-0.2, -0.15) is 5.10 Å². The molecule has 7 heteroatoms. The van der Waals surface area contributed by atoms with E-state index in [0.717, 1.165) is 0 Å². The van der Waals surface area contributed by atoms with Gasteiger partial charge < -0.3 is 9.84 Å². The molecule has 2 aromatic rings. The highest BCUT2D eigenvalue weighted by Crippen LogP contribution is 2.26. The number of carboxylic acid groups (broad SMARTS) is 1. The first-order valence-electron chi connectivity index (χ1n) is 5.95. The van der Waals surface area contributed by atoms with Crippen molar-refractivity contribution in [1.29, 1.82) is 0 Å². The molecule has 0 bridgehead atoms. The molecule has 0 unspecified atom stereocenters. The molecular weight excluding hydrogens is 287 g/mol. The summed E-state index contributed by atoms with van der Waals surface area (Å²) in [4.78, 5) is 11.2. The normalized spacial score (nSPS) is 14.1. The molecule has 20 heavy (non-hydrogen) atoms. The van der Waals surface area contributed by atoms with Crippen molar-refractivity contribution in [2.45, 2.75) is 13.0 Å². The topological polar surface area (TPSA) is 64.3 Å². The van der Waals surface area contributed by atoms with Crippen molar-refractivity contribution >= 4 is 17.6 Å². The first-order chi connectivity index (χ1) is 9.58. The third-order valence-corrected chi connectivity index (χ3v) is 3.40. The molecule has 3 rings (SSSR count). The Balaban J connectivity index is 2.21. The highest BCUT2D eigenvalue weighted by molar-refractivity contribution is 6.30. The molecule has 0 aliphatic carbocycles. The number of nitrogens with zero attached hydrogens (tertiary/aromatic N) is 2. The molecule has 1 aromatic heterocycles. The second kappa shape index (κ2) is 4.88. The van der Waals surface area contributed by atoms with Crippen molar-refractivity contribution < 1.29 is 19.0 Å². The van der Waals surface area contributed by atoms with Crippen LogP contribution in [0.2, 0.25) is 5.02 Å². The Morgan fingerprint density at radius 1 is 1.50 bits per heavy atom. The summed E-state index contributed by atoms with van der Waals surface area (Å²) in [6.45, 7) is 0.624. The van der Waals surface area contributed by atoms with Gasteiger partial charge in [-0.3, -0.25) is 0 Å². The molecule has 0 spiro atoms. The number of hydrogen-bond acceptors (Lipinski definition) is 3. The number of rotatable bonds is 2. The Labute approximate surface area is 118 Å². The highest BCUT2D eigenvalue weighted by Gasteiger charge is 2.26. The van der Waals surface area contributed by atoms with Crippen LogP contribution in [0.1, 0.15) is 21.7 Å². The lowest BCUT2D eigenvalue weighted by Crippen LogP contribution is -2.14. The zero-order valence-electron chi connectivity index (χ0n) is 10.3. The van der Waals surface area contributed by atoms with E-state index in [9.17, 15) is 9.18 Å². The predicted octanol–water partition coefficient (Wildman–Crippen LogP) is 2.44. The number of fused-ring (bicyclic) bond motifs is 1. The highest BCUT2D eigenvalue weighted by atomic mass is 35.5. The first-order valence-corrected chi connectivity index (χ1v) is 6.33. The van der Waals surface area contributed by atoms with Crippen LogP contribution in [-0.4, -0.2) is 27.5 Å². The van der Waals surface area contributed by atoms with Crippen molar-refractivity contribution in [2.24, 2.45) is 0 Å². The SMILES string of the molecule is O=C(O)c1nn(-c2ccc(Cl)cc2F)c2c1COCC2. The van der Waals surface area contributed by atoms with Gasteiger partial charge in [0.15, 0.2) is 5.69 Å². The average molecular weight is 297 g/mol. The van der Waals surface area contributed by atoms with Crippen LogP contribution < -0.4 is 0 Å². The zero-order chi connectivity index (χ0) is 14.3. The van der Waals surface area contributed by atoms with E-state index in [4.69, 9.17) is 21.4 Å². The number of halogens is 2. The summed E-state index contributed by atoms with van der Waals surface area (Å²) < 4.78 is 20.6. The fourth-order valence-electron chi connectivity index (χ4n) is 2.26. The molecule has 0 atom stereocenters. The minimum absolute atomic E-state index is 0.103.